The van der Waals surface area contributed by atoms with Crippen LogP contribution in [0.1, 0.15) is 49.8 Å². The van der Waals surface area contributed by atoms with Gasteiger partial charge in [-0.2, -0.15) is 0 Å². The van der Waals surface area contributed by atoms with Crippen molar-refractivity contribution in [3.05, 3.63) is 142 Å². The van der Waals surface area contributed by atoms with E-state index in [4.69, 9.17) is 4.74 Å². The lowest BCUT2D eigenvalue weighted by atomic mass is 9.67. The molecule has 3 heterocycles. The van der Waals surface area contributed by atoms with E-state index in [0.29, 0.717) is 23.7 Å². The van der Waals surface area contributed by atoms with Crippen molar-refractivity contribution >= 4 is 17.0 Å². The van der Waals surface area contributed by atoms with Gasteiger partial charge in [0.05, 0.1) is 5.52 Å². The molecule has 1 saturated heterocycles. The molecular formula is C40H36N2O. The molecule has 5 atom stereocenters. The fourth-order valence-electron chi connectivity index (χ4n) is 9.35. The van der Waals surface area contributed by atoms with Crippen LogP contribution in [0.25, 0.3) is 22.7 Å². The molecule has 10 rings (SSSR count). The molecule has 3 nitrogen and oxygen atoms in total. The van der Waals surface area contributed by atoms with E-state index in [1.807, 2.05) is 0 Å². The standard InChI is InChI=1S/C40H36N2O/c1-2-10-25(11-3-1)41-34-15-7-4-12-27(34)33-24-26(18-22-36(33)41)42-35-16-8-5-14-32(35)39-29-19-20-30-28-13-6-9-17-38(28)43-40(30)31(29)21-23-37(39)42/h1-4,7,10-13,15-17,19-21,23-24,29-32,40H,5-6,8-9,14,18,22H2. The molecule has 43 heavy (non-hydrogen) atoms. The van der Waals surface area contributed by atoms with E-state index in [2.05, 4.69) is 113 Å². The molecule has 5 aliphatic carbocycles. The van der Waals surface area contributed by atoms with E-state index < -0.39 is 0 Å². The highest BCUT2D eigenvalue weighted by molar-refractivity contribution is 5.93. The summed E-state index contributed by atoms with van der Waals surface area (Å²) in [5.74, 6) is 2.89. The zero-order chi connectivity index (χ0) is 28.1. The SMILES string of the molecule is C1=CC2C(C=CC3C4=CCCC=C4OC32)C2=C1N(C1=Cc3c(n(-c4ccccc4)c4ccccc34)CC1)C1=CCCCC12. The van der Waals surface area contributed by atoms with Gasteiger partial charge in [-0.3, -0.25) is 0 Å². The third kappa shape index (κ3) is 3.37. The number of allylic oxidation sites excluding steroid dienone is 8. The summed E-state index contributed by atoms with van der Waals surface area (Å²) in [5.41, 5.74) is 12.9. The first-order chi connectivity index (χ1) is 21.3. The summed E-state index contributed by atoms with van der Waals surface area (Å²) in [6, 6.07) is 19.8. The van der Waals surface area contributed by atoms with Gasteiger partial charge in [0.2, 0.25) is 0 Å². The smallest absolute Gasteiger partial charge is 0.119 e. The Morgan fingerprint density at radius 1 is 0.791 bits per heavy atom. The van der Waals surface area contributed by atoms with E-state index in [1.165, 1.54) is 69.8 Å². The maximum Gasteiger partial charge on any atom is 0.119 e. The molecule has 2 aromatic carbocycles. The molecule has 0 N–H and O–H groups in total. The van der Waals surface area contributed by atoms with E-state index in [1.54, 1.807) is 5.57 Å². The zero-order valence-corrected chi connectivity index (χ0v) is 24.5. The van der Waals surface area contributed by atoms with Crippen molar-refractivity contribution in [3.63, 3.8) is 0 Å². The Hall–Kier alpha value is -4.24. The maximum absolute atomic E-state index is 6.71. The summed E-state index contributed by atoms with van der Waals surface area (Å²) >= 11 is 0. The first-order valence-electron chi connectivity index (χ1n) is 16.4. The summed E-state index contributed by atoms with van der Waals surface area (Å²) < 4.78 is 9.20. The predicted molar refractivity (Wildman–Crippen MR) is 173 cm³/mol. The summed E-state index contributed by atoms with van der Waals surface area (Å²) in [6.45, 7) is 0. The van der Waals surface area contributed by atoms with Crippen LogP contribution in [-0.2, 0) is 11.2 Å². The Labute approximate surface area is 253 Å². The quantitative estimate of drug-likeness (QED) is 0.291. The van der Waals surface area contributed by atoms with E-state index in [-0.39, 0.29) is 6.10 Å². The number of benzene rings is 2. The van der Waals surface area contributed by atoms with Crippen LogP contribution in [0.3, 0.4) is 0 Å². The van der Waals surface area contributed by atoms with Gasteiger partial charge in [-0.25, -0.2) is 0 Å². The predicted octanol–water partition coefficient (Wildman–Crippen LogP) is 9.16. The zero-order valence-electron chi connectivity index (χ0n) is 24.5. The molecular weight excluding hydrogens is 524 g/mol. The maximum atomic E-state index is 6.71. The second kappa shape index (κ2) is 9.13. The molecule has 212 valence electrons. The van der Waals surface area contributed by atoms with Gasteiger partial charge in [0, 0.05) is 68.7 Å². The van der Waals surface area contributed by atoms with Crippen LogP contribution in [0.2, 0.25) is 0 Å². The van der Waals surface area contributed by atoms with Gasteiger partial charge in [-0.05, 0) is 86.9 Å². The molecule has 1 fully saturated rings. The number of aromatic nitrogens is 1. The van der Waals surface area contributed by atoms with Crippen LogP contribution in [0.15, 0.2) is 131 Å². The molecule has 0 radical (unpaired) electrons. The molecule has 7 aliphatic rings. The van der Waals surface area contributed by atoms with Crippen LogP contribution < -0.4 is 0 Å². The van der Waals surface area contributed by atoms with Gasteiger partial charge in [-0.15, -0.1) is 0 Å². The topological polar surface area (TPSA) is 17.4 Å². The average Bonchev–Trinajstić information content (AvgIpc) is 3.72. The number of hydrogen-bond donors (Lipinski definition) is 0. The van der Waals surface area contributed by atoms with Crippen LogP contribution in [0.4, 0.5) is 0 Å². The molecule has 5 unspecified atom stereocenters. The van der Waals surface area contributed by atoms with Crippen LogP contribution in [0.5, 0.6) is 0 Å². The van der Waals surface area contributed by atoms with Crippen LogP contribution in [-0.4, -0.2) is 15.6 Å². The van der Waals surface area contributed by atoms with Crippen molar-refractivity contribution in [2.45, 2.75) is 51.0 Å². The molecule has 0 bridgehead atoms. The molecule has 3 aromatic rings. The largest absolute Gasteiger partial charge is 0.489 e. The lowest BCUT2D eigenvalue weighted by molar-refractivity contribution is 0.0829. The summed E-state index contributed by atoms with van der Waals surface area (Å²) in [6.07, 6.45) is 28.1. The van der Waals surface area contributed by atoms with Gasteiger partial charge in [0.1, 0.15) is 11.9 Å². The first-order valence-corrected chi connectivity index (χ1v) is 16.4. The average molecular weight is 561 g/mol. The van der Waals surface area contributed by atoms with E-state index in [0.717, 1.165) is 31.4 Å². The number of para-hydroxylation sites is 2. The molecule has 3 heteroatoms. The van der Waals surface area contributed by atoms with E-state index >= 15 is 0 Å². The third-order valence-electron chi connectivity index (χ3n) is 11.1. The number of nitrogens with zero attached hydrogens (tertiary/aromatic N) is 2. The highest BCUT2D eigenvalue weighted by Crippen LogP contribution is 2.57. The van der Waals surface area contributed by atoms with Crippen molar-refractivity contribution < 1.29 is 4.74 Å². The Morgan fingerprint density at radius 3 is 2.60 bits per heavy atom. The minimum Gasteiger partial charge on any atom is -0.489 e. The Morgan fingerprint density at radius 2 is 1.65 bits per heavy atom. The number of rotatable bonds is 2. The third-order valence-corrected chi connectivity index (χ3v) is 11.1. The lowest BCUT2D eigenvalue weighted by Crippen LogP contribution is -2.36. The normalized spacial score (nSPS) is 29.9. The highest BCUT2D eigenvalue weighted by atomic mass is 16.5. The van der Waals surface area contributed by atoms with Crippen molar-refractivity contribution in [3.8, 4) is 5.69 Å². The highest BCUT2D eigenvalue weighted by Gasteiger charge is 2.51. The van der Waals surface area contributed by atoms with Crippen LogP contribution >= 0.6 is 0 Å². The number of hydrogen-bond acceptors (Lipinski definition) is 2. The van der Waals surface area contributed by atoms with Gasteiger partial charge >= 0.3 is 0 Å². The number of fused-ring (bicyclic) bond motifs is 11. The molecule has 2 aliphatic heterocycles. The first kappa shape index (κ1) is 24.2. The Bertz CT molecular complexity index is 1910. The number of ether oxygens (including phenoxy) is 1. The van der Waals surface area contributed by atoms with Crippen LogP contribution in [0, 0.1) is 23.7 Å². The molecule has 1 aromatic heterocycles. The molecule has 0 spiro atoms. The van der Waals surface area contributed by atoms with Crippen molar-refractivity contribution in [1.29, 1.82) is 0 Å². The van der Waals surface area contributed by atoms with Gasteiger partial charge in [0.15, 0.2) is 0 Å². The second-order valence-electron chi connectivity index (χ2n) is 13.2. The van der Waals surface area contributed by atoms with Gasteiger partial charge in [-0.1, -0.05) is 66.8 Å². The van der Waals surface area contributed by atoms with Gasteiger partial charge < -0.3 is 14.2 Å². The minimum absolute atomic E-state index is 0.224. The summed E-state index contributed by atoms with van der Waals surface area (Å²) in [7, 11) is 0. The Balaban J connectivity index is 1.09. The summed E-state index contributed by atoms with van der Waals surface area (Å²) in [4.78, 5) is 2.68. The minimum atomic E-state index is 0.224. The summed E-state index contributed by atoms with van der Waals surface area (Å²) in [5, 5.41) is 1.35. The van der Waals surface area contributed by atoms with E-state index in [9.17, 15) is 0 Å². The fraction of sp³-hybridized carbons (Fsp3) is 0.300. The fourth-order valence-corrected chi connectivity index (χ4v) is 9.35. The van der Waals surface area contributed by atoms with Crippen molar-refractivity contribution in [1.82, 2.24) is 9.47 Å². The lowest BCUT2D eigenvalue weighted by Gasteiger charge is -2.38. The second-order valence-corrected chi connectivity index (χ2v) is 13.2. The monoisotopic (exact) mass is 560 g/mol. The Kier molecular flexibility index (Phi) is 5.14. The van der Waals surface area contributed by atoms with Gasteiger partial charge in [0.25, 0.3) is 0 Å². The van der Waals surface area contributed by atoms with Crippen molar-refractivity contribution in [2.24, 2.45) is 23.7 Å². The molecule has 0 saturated carbocycles. The molecule has 0 amide bonds. The van der Waals surface area contributed by atoms with Crippen molar-refractivity contribution in [2.75, 3.05) is 0 Å².